The summed E-state index contributed by atoms with van der Waals surface area (Å²) in [5.41, 5.74) is 5.18. The Morgan fingerprint density at radius 3 is 2.87 bits per heavy atom. The Kier molecular flexibility index (Phi) is 4.22. The van der Waals surface area contributed by atoms with E-state index in [0.29, 0.717) is 12.8 Å². The largest absolute Gasteiger partial charge is 0.390 e. The lowest BCUT2D eigenvalue weighted by Gasteiger charge is -2.21. The van der Waals surface area contributed by atoms with Gasteiger partial charge in [-0.25, -0.2) is 0 Å². The SMILES string of the molecule is Cc1n[nH]c(C)c1CC(C)C(=O)NC1c2ccccc2CC1O. The number of carbonyl (C=O) groups is 1. The Morgan fingerprint density at radius 1 is 1.43 bits per heavy atom. The summed E-state index contributed by atoms with van der Waals surface area (Å²) >= 11 is 0. The average Bonchev–Trinajstić information content (AvgIpc) is 3.01. The maximum Gasteiger partial charge on any atom is 0.223 e. The number of nitrogens with one attached hydrogen (secondary N) is 2. The van der Waals surface area contributed by atoms with Crippen LogP contribution in [-0.2, 0) is 17.6 Å². The molecule has 1 amide bonds. The summed E-state index contributed by atoms with van der Waals surface area (Å²) in [6.07, 6.45) is 0.681. The standard InChI is InChI=1S/C18H23N3O2/c1-10(8-15-11(2)20-21-12(15)3)18(23)19-17-14-7-5-4-6-13(14)9-16(17)22/h4-7,10,16-17,22H,8-9H2,1-3H3,(H,19,23)(H,20,21). The highest BCUT2D eigenvalue weighted by molar-refractivity contribution is 5.79. The van der Waals surface area contributed by atoms with Gasteiger partial charge in [-0.1, -0.05) is 31.2 Å². The summed E-state index contributed by atoms with van der Waals surface area (Å²) in [5.74, 6) is -0.212. The van der Waals surface area contributed by atoms with Gasteiger partial charge >= 0.3 is 0 Å². The molecule has 0 spiro atoms. The quantitative estimate of drug-likeness (QED) is 0.807. The van der Waals surface area contributed by atoms with Crippen molar-refractivity contribution in [3.05, 3.63) is 52.3 Å². The molecule has 3 N–H and O–H groups in total. The molecule has 5 nitrogen and oxygen atoms in total. The Labute approximate surface area is 136 Å². The van der Waals surface area contributed by atoms with E-state index < -0.39 is 6.10 Å². The van der Waals surface area contributed by atoms with Crippen LogP contribution in [0.1, 0.15) is 41.0 Å². The van der Waals surface area contributed by atoms with Crippen molar-refractivity contribution in [2.75, 3.05) is 0 Å². The summed E-state index contributed by atoms with van der Waals surface area (Å²) < 4.78 is 0. The van der Waals surface area contributed by atoms with Crippen LogP contribution < -0.4 is 5.32 Å². The second-order valence-corrected chi connectivity index (χ2v) is 6.47. The van der Waals surface area contributed by atoms with Crippen LogP contribution in [0.15, 0.2) is 24.3 Å². The fourth-order valence-electron chi connectivity index (χ4n) is 3.32. The van der Waals surface area contributed by atoms with Gasteiger partial charge in [-0.3, -0.25) is 9.89 Å². The molecule has 0 radical (unpaired) electrons. The minimum absolute atomic E-state index is 0.0363. The molecule has 0 bridgehead atoms. The number of aliphatic hydroxyl groups excluding tert-OH is 1. The molecule has 0 aliphatic heterocycles. The molecule has 2 aromatic rings. The molecule has 5 heteroatoms. The van der Waals surface area contributed by atoms with Gasteiger partial charge in [0.25, 0.3) is 0 Å². The van der Waals surface area contributed by atoms with Crippen molar-refractivity contribution in [2.24, 2.45) is 5.92 Å². The minimum atomic E-state index is -0.555. The molecular formula is C18H23N3O2. The molecule has 0 saturated heterocycles. The number of fused-ring (bicyclic) bond motifs is 1. The molecule has 1 aromatic carbocycles. The molecule has 122 valence electrons. The third-order valence-corrected chi connectivity index (χ3v) is 4.74. The maximum atomic E-state index is 12.6. The Morgan fingerprint density at radius 2 is 2.17 bits per heavy atom. The number of H-pyrrole nitrogens is 1. The van der Waals surface area contributed by atoms with Gasteiger partial charge in [-0.05, 0) is 37.0 Å². The second-order valence-electron chi connectivity index (χ2n) is 6.47. The number of amides is 1. The summed E-state index contributed by atoms with van der Waals surface area (Å²) in [4.78, 5) is 12.6. The van der Waals surface area contributed by atoms with Gasteiger partial charge in [0.1, 0.15) is 0 Å². The van der Waals surface area contributed by atoms with Crippen LogP contribution in [0.5, 0.6) is 0 Å². The number of hydrogen-bond donors (Lipinski definition) is 3. The van der Waals surface area contributed by atoms with Gasteiger partial charge in [-0.15, -0.1) is 0 Å². The van der Waals surface area contributed by atoms with Crippen LogP contribution in [0.2, 0.25) is 0 Å². The van der Waals surface area contributed by atoms with Crippen molar-refractivity contribution in [1.82, 2.24) is 15.5 Å². The van der Waals surface area contributed by atoms with Gasteiger partial charge in [0, 0.05) is 18.0 Å². The van der Waals surface area contributed by atoms with Gasteiger partial charge in [0.2, 0.25) is 5.91 Å². The number of aromatic nitrogens is 2. The average molecular weight is 313 g/mol. The number of aromatic amines is 1. The Bertz CT molecular complexity index is 703. The van der Waals surface area contributed by atoms with Crippen molar-refractivity contribution >= 4 is 5.91 Å². The van der Waals surface area contributed by atoms with Gasteiger partial charge in [0.15, 0.2) is 0 Å². The third kappa shape index (κ3) is 3.01. The van der Waals surface area contributed by atoms with Crippen molar-refractivity contribution < 1.29 is 9.90 Å². The molecule has 3 rings (SSSR count). The van der Waals surface area contributed by atoms with E-state index in [0.717, 1.165) is 28.1 Å². The molecule has 1 aromatic heterocycles. The monoisotopic (exact) mass is 313 g/mol. The Balaban J connectivity index is 1.70. The van der Waals surface area contributed by atoms with Crippen molar-refractivity contribution in [1.29, 1.82) is 0 Å². The van der Waals surface area contributed by atoms with Crippen LogP contribution in [0, 0.1) is 19.8 Å². The lowest BCUT2D eigenvalue weighted by atomic mass is 9.98. The van der Waals surface area contributed by atoms with E-state index in [4.69, 9.17) is 0 Å². The number of aliphatic hydroxyl groups is 1. The summed E-state index contributed by atoms with van der Waals surface area (Å²) in [5, 5.41) is 20.4. The van der Waals surface area contributed by atoms with E-state index >= 15 is 0 Å². The predicted octanol–water partition coefficient (Wildman–Crippen LogP) is 1.98. The summed E-state index contributed by atoms with van der Waals surface area (Å²) in [6.45, 7) is 5.83. The lowest BCUT2D eigenvalue weighted by molar-refractivity contribution is -0.126. The molecule has 0 fully saturated rings. The first-order valence-corrected chi connectivity index (χ1v) is 8.04. The normalized spacial score (nSPS) is 21.0. The first-order valence-electron chi connectivity index (χ1n) is 8.04. The zero-order chi connectivity index (χ0) is 16.6. The van der Waals surface area contributed by atoms with Crippen molar-refractivity contribution in [3.8, 4) is 0 Å². The summed E-state index contributed by atoms with van der Waals surface area (Å²) in [7, 11) is 0. The van der Waals surface area contributed by atoms with Crippen molar-refractivity contribution in [3.63, 3.8) is 0 Å². The minimum Gasteiger partial charge on any atom is -0.390 e. The second kappa shape index (κ2) is 6.16. The molecular weight excluding hydrogens is 290 g/mol. The highest BCUT2D eigenvalue weighted by Gasteiger charge is 2.32. The summed E-state index contributed by atoms with van der Waals surface area (Å²) in [6, 6.07) is 7.57. The van der Waals surface area contributed by atoms with Crippen molar-refractivity contribution in [2.45, 2.75) is 45.8 Å². The Hall–Kier alpha value is -2.14. The molecule has 3 unspecified atom stereocenters. The first-order chi connectivity index (χ1) is 11.0. The van der Waals surface area contributed by atoms with Crippen LogP contribution in [0.25, 0.3) is 0 Å². The maximum absolute atomic E-state index is 12.6. The van der Waals surface area contributed by atoms with E-state index in [1.807, 2.05) is 45.0 Å². The third-order valence-electron chi connectivity index (χ3n) is 4.74. The highest BCUT2D eigenvalue weighted by Crippen LogP contribution is 2.31. The molecule has 1 aliphatic rings. The fraction of sp³-hybridized carbons (Fsp3) is 0.444. The number of benzene rings is 1. The lowest BCUT2D eigenvalue weighted by Crippen LogP contribution is -2.37. The molecule has 3 atom stereocenters. The van der Waals surface area contributed by atoms with E-state index in [1.54, 1.807) is 0 Å². The molecule has 1 heterocycles. The first kappa shape index (κ1) is 15.7. The zero-order valence-corrected chi connectivity index (χ0v) is 13.8. The van der Waals surface area contributed by atoms with Gasteiger partial charge in [0.05, 0.1) is 17.8 Å². The van der Waals surface area contributed by atoms with E-state index in [1.165, 1.54) is 0 Å². The number of nitrogens with zero attached hydrogens (tertiary/aromatic N) is 1. The molecule has 1 aliphatic carbocycles. The molecule has 23 heavy (non-hydrogen) atoms. The number of carbonyl (C=O) groups excluding carboxylic acids is 1. The number of rotatable bonds is 4. The zero-order valence-electron chi connectivity index (χ0n) is 13.8. The smallest absolute Gasteiger partial charge is 0.223 e. The molecule has 0 saturated carbocycles. The van der Waals surface area contributed by atoms with E-state index in [-0.39, 0.29) is 17.9 Å². The number of hydrogen-bond acceptors (Lipinski definition) is 3. The number of aryl methyl sites for hydroxylation is 2. The van der Waals surface area contributed by atoms with E-state index in [2.05, 4.69) is 15.5 Å². The van der Waals surface area contributed by atoms with Crippen LogP contribution in [0.3, 0.4) is 0 Å². The fourth-order valence-corrected chi connectivity index (χ4v) is 3.32. The van der Waals surface area contributed by atoms with Crippen LogP contribution in [0.4, 0.5) is 0 Å². The van der Waals surface area contributed by atoms with Gasteiger partial charge in [-0.2, -0.15) is 5.10 Å². The highest BCUT2D eigenvalue weighted by atomic mass is 16.3. The predicted molar refractivity (Wildman–Crippen MR) is 88.0 cm³/mol. The topological polar surface area (TPSA) is 78.0 Å². The van der Waals surface area contributed by atoms with Crippen LogP contribution >= 0.6 is 0 Å². The van der Waals surface area contributed by atoms with Gasteiger partial charge < -0.3 is 10.4 Å². The van der Waals surface area contributed by atoms with E-state index in [9.17, 15) is 9.90 Å². The van der Waals surface area contributed by atoms with Crippen LogP contribution in [-0.4, -0.2) is 27.3 Å².